The van der Waals surface area contributed by atoms with E-state index in [-0.39, 0.29) is 11.7 Å². The van der Waals surface area contributed by atoms with Gasteiger partial charge < -0.3 is 10.0 Å². The van der Waals surface area contributed by atoms with Gasteiger partial charge in [0.15, 0.2) is 0 Å². The fraction of sp³-hybridized carbons (Fsp3) is 0.278. The monoisotopic (exact) mass is 377 g/mol. The number of phenolic OH excluding ortho intramolecular Hbond substituents is 1. The van der Waals surface area contributed by atoms with Crippen molar-refractivity contribution in [3.8, 4) is 5.75 Å². The number of nitrogens with zero attached hydrogens (tertiary/aromatic N) is 1. The molecule has 23 heavy (non-hydrogen) atoms. The zero-order valence-corrected chi connectivity index (χ0v) is 14.1. The minimum atomic E-state index is -0.407. The molecule has 1 amide bonds. The summed E-state index contributed by atoms with van der Waals surface area (Å²) in [7, 11) is 0. The first-order chi connectivity index (χ1) is 11.0. The lowest BCUT2D eigenvalue weighted by molar-refractivity contribution is 0.0711. The molecule has 3 nitrogen and oxygen atoms in total. The zero-order chi connectivity index (χ0) is 16.4. The number of halogens is 2. The van der Waals surface area contributed by atoms with Crippen molar-refractivity contribution in [3.05, 3.63) is 63.9 Å². The fourth-order valence-corrected chi connectivity index (χ4v) is 3.41. The van der Waals surface area contributed by atoms with Crippen LogP contribution in [0.5, 0.6) is 5.75 Å². The second-order valence-corrected chi connectivity index (χ2v) is 6.64. The van der Waals surface area contributed by atoms with Crippen LogP contribution in [-0.2, 0) is 0 Å². The number of carbonyl (C=O) groups is 1. The van der Waals surface area contributed by atoms with Gasteiger partial charge in [0.1, 0.15) is 11.6 Å². The maximum Gasteiger partial charge on any atom is 0.255 e. The van der Waals surface area contributed by atoms with Gasteiger partial charge in [0.05, 0.1) is 5.56 Å². The second kappa shape index (κ2) is 6.71. The average Bonchev–Trinajstić information content (AvgIpc) is 2.57. The number of aromatic hydroxyl groups is 1. The van der Waals surface area contributed by atoms with Crippen LogP contribution >= 0.6 is 15.9 Å². The molecule has 5 heteroatoms. The molecule has 0 unspecified atom stereocenters. The number of benzene rings is 2. The summed E-state index contributed by atoms with van der Waals surface area (Å²) in [6.07, 6.45) is 1.73. The number of amides is 1. The predicted octanol–water partition coefficient (Wildman–Crippen LogP) is 4.31. The molecule has 1 N–H and O–H groups in total. The van der Waals surface area contributed by atoms with Crippen molar-refractivity contribution >= 4 is 21.8 Å². The van der Waals surface area contributed by atoms with E-state index in [9.17, 15) is 14.3 Å². The summed E-state index contributed by atoms with van der Waals surface area (Å²) < 4.78 is 14.0. The van der Waals surface area contributed by atoms with Crippen molar-refractivity contribution in [2.24, 2.45) is 0 Å². The Morgan fingerprint density at radius 2 is 1.78 bits per heavy atom. The van der Waals surface area contributed by atoms with Gasteiger partial charge in [-0.05, 0) is 70.6 Å². The molecule has 1 aliphatic rings. The van der Waals surface area contributed by atoms with Gasteiger partial charge in [0.25, 0.3) is 5.91 Å². The topological polar surface area (TPSA) is 40.5 Å². The van der Waals surface area contributed by atoms with E-state index in [1.165, 1.54) is 17.7 Å². The first-order valence-corrected chi connectivity index (χ1v) is 8.37. The molecule has 3 rings (SSSR count). The van der Waals surface area contributed by atoms with Gasteiger partial charge in [-0.3, -0.25) is 4.79 Å². The largest absolute Gasteiger partial charge is 0.508 e. The van der Waals surface area contributed by atoms with Gasteiger partial charge in [0.2, 0.25) is 0 Å². The Hall–Kier alpha value is -1.88. The Labute approximate surface area is 142 Å². The molecule has 120 valence electrons. The van der Waals surface area contributed by atoms with Gasteiger partial charge in [-0.1, -0.05) is 12.1 Å². The van der Waals surface area contributed by atoms with Gasteiger partial charge in [-0.15, -0.1) is 0 Å². The Morgan fingerprint density at radius 3 is 2.43 bits per heavy atom. The zero-order valence-electron chi connectivity index (χ0n) is 12.5. The third-order valence-electron chi connectivity index (χ3n) is 4.31. The van der Waals surface area contributed by atoms with Crippen LogP contribution in [-0.4, -0.2) is 29.0 Å². The van der Waals surface area contributed by atoms with Crippen molar-refractivity contribution in [2.45, 2.75) is 18.8 Å². The van der Waals surface area contributed by atoms with Crippen LogP contribution < -0.4 is 0 Å². The van der Waals surface area contributed by atoms with Crippen molar-refractivity contribution in [2.75, 3.05) is 13.1 Å². The second-order valence-electron chi connectivity index (χ2n) is 5.78. The van der Waals surface area contributed by atoms with E-state index in [1.54, 1.807) is 23.1 Å². The van der Waals surface area contributed by atoms with Gasteiger partial charge >= 0.3 is 0 Å². The molecule has 1 saturated heterocycles. The van der Waals surface area contributed by atoms with Crippen LogP contribution in [0.4, 0.5) is 4.39 Å². The predicted molar refractivity (Wildman–Crippen MR) is 90.1 cm³/mol. The maximum absolute atomic E-state index is 13.4. The molecule has 0 aliphatic carbocycles. The van der Waals surface area contributed by atoms with Crippen LogP contribution in [0.3, 0.4) is 0 Å². The standard InChI is InChI=1S/C18H17BrFNO2/c19-17-6-3-14(20)11-16(17)18(23)21-9-7-13(8-10-21)12-1-4-15(22)5-2-12/h1-6,11,13,22H,7-10H2. The lowest BCUT2D eigenvalue weighted by atomic mass is 9.89. The van der Waals surface area contributed by atoms with E-state index in [0.29, 0.717) is 29.0 Å². The quantitative estimate of drug-likeness (QED) is 0.846. The molecule has 1 aliphatic heterocycles. The molecular formula is C18H17BrFNO2. The van der Waals surface area contributed by atoms with E-state index < -0.39 is 5.82 Å². The van der Waals surface area contributed by atoms with E-state index in [0.717, 1.165) is 12.8 Å². The number of hydrogen-bond acceptors (Lipinski definition) is 2. The van der Waals surface area contributed by atoms with Crippen molar-refractivity contribution < 1.29 is 14.3 Å². The minimum Gasteiger partial charge on any atom is -0.508 e. The number of carbonyl (C=O) groups excluding carboxylic acids is 1. The lowest BCUT2D eigenvalue weighted by Gasteiger charge is -2.32. The molecule has 1 heterocycles. The third-order valence-corrected chi connectivity index (χ3v) is 5.00. The summed E-state index contributed by atoms with van der Waals surface area (Å²) in [5.74, 6) is 0.101. The molecule has 0 radical (unpaired) electrons. The highest BCUT2D eigenvalue weighted by Crippen LogP contribution is 2.30. The smallest absolute Gasteiger partial charge is 0.255 e. The molecule has 0 atom stereocenters. The highest BCUT2D eigenvalue weighted by atomic mass is 79.9. The molecule has 0 spiro atoms. The number of phenols is 1. The van der Waals surface area contributed by atoms with Crippen LogP contribution in [0.15, 0.2) is 46.9 Å². The molecule has 0 bridgehead atoms. The summed E-state index contributed by atoms with van der Waals surface area (Å²) >= 11 is 3.32. The highest BCUT2D eigenvalue weighted by molar-refractivity contribution is 9.10. The van der Waals surface area contributed by atoms with E-state index in [1.807, 2.05) is 12.1 Å². The molecular weight excluding hydrogens is 361 g/mol. The van der Waals surface area contributed by atoms with E-state index in [4.69, 9.17) is 0 Å². The van der Waals surface area contributed by atoms with Crippen LogP contribution in [0.1, 0.15) is 34.7 Å². The maximum atomic E-state index is 13.4. The first-order valence-electron chi connectivity index (χ1n) is 7.58. The van der Waals surface area contributed by atoms with Crippen molar-refractivity contribution in [1.29, 1.82) is 0 Å². The van der Waals surface area contributed by atoms with Gasteiger partial charge in [-0.2, -0.15) is 0 Å². The Balaban J connectivity index is 1.67. The highest BCUT2D eigenvalue weighted by Gasteiger charge is 2.25. The van der Waals surface area contributed by atoms with Crippen molar-refractivity contribution in [1.82, 2.24) is 4.90 Å². The first kappa shape index (κ1) is 16.0. The summed E-state index contributed by atoms with van der Waals surface area (Å²) in [4.78, 5) is 14.3. The Kier molecular flexibility index (Phi) is 4.66. The molecule has 0 saturated carbocycles. The number of hydrogen-bond donors (Lipinski definition) is 1. The summed E-state index contributed by atoms with van der Waals surface area (Å²) in [5, 5.41) is 9.36. The van der Waals surface area contributed by atoms with Crippen LogP contribution in [0.25, 0.3) is 0 Å². The lowest BCUT2D eigenvalue weighted by Crippen LogP contribution is -2.38. The van der Waals surface area contributed by atoms with E-state index in [2.05, 4.69) is 15.9 Å². The van der Waals surface area contributed by atoms with Gasteiger partial charge in [-0.25, -0.2) is 4.39 Å². The SMILES string of the molecule is O=C(c1cc(F)ccc1Br)N1CCC(c2ccc(O)cc2)CC1. The Morgan fingerprint density at radius 1 is 1.13 bits per heavy atom. The van der Waals surface area contributed by atoms with E-state index >= 15 is 0 Å². The Bertz CT molecular complexity index is 709. The summed E-state index contributed by atoms with van der Waals surface area (Å²) in [5.41, 5.74) is 1.55. The molecule has 2 aromatic carbocycles. The average molecular weight is 378 g/mol. The number of piperidine rings is 1. The molecule has 2 aromatic rings. The number of rotatable bonds is 2. The van der Waals surface area contributed by atoms with Gasteiger partial charge in [0, 0.05) is 17.6 Å². The summed E-state index contributed by atoms with van der Waals surface area (Å²) in [6, 6.07) is 11.4. The summed E-state index contributed by atoms with van der Waals surface area (Å²) in [6.45, 7) is 1.29. The van der Waals surface area contributed by atoms with Crippen LogP contribution in [0, 0.1) is 5.82 Å². The fourth-order valence-electron chi connectivity index (χ4n) is 2.99. The number of likely N-dealkylation sites (tertiary alicyclic amines) is 1. The van der Waals surface area contributed by atoms with Crippen LogP contribution in [0.2, 0.25) is 0 Å². The van der Waals surface area contributed by atoms with Crippen molar-refractivity contribution in [3.63, 3.8) is 0 Å². The third kappa shape index (κ3) is 3.55. The molecule has 0 aromatic heterocycles. The molecule has 1 fully saturated rings. The normalized spacial score (nSPS) is 15.7. The minimum absolute atomic E-state index is 0.138.